The number of carboxylic acids is 2. The highest BCUT2D eigenvalue weighted by atomic mass is 19.4. The van der Waals surface area contributed by atoms with Gasteiger partial charge in [0.1, 0.15) is 11.5 Å². The fraction of sp³-hybridized carbons (Fsp3) is 0.455. The van der Waals surface area contributed by atoms with E-state index in [-0.39, 0.29) is 5.91 Å². The molecular weight excluding hydrogens is 514 g/mol. The maximum absolute atomic E-state index is 12.6. The summed E-state index contributed by atoms with van der Waals surface area (Å²) in [6, 6.07) is 10.5. The van der Waals surface area contributed by atoms with Gasteiger partial charge in [0.25, 0.3) is 5.91 Å². The molecule has 204 valence electrons. The van der Waals surface area contributed by atoms with E-state index in [1.807, 2.05) is 11.0 Å². The van der Waals surface area contributed by atoms with Gasteiger partial charge in [-0.2, -0.15) is 26.3 Å². The topological polar surface area (TPSA) is 116 Å². The molecule has 4 rings (SSSR count). The summed E-state index contributed by atoms with van der Waals surface area (Å²) in [7, 11) is 0. The number of alkyl halides is 6. The molecule has 0 radical (unpaired) electrons. The third-order valence-corrected chi connectivity index (χ3v) is 5.29. The van der Waals surface area contributed by atoms with E-state index in [9.17, 15) is 31.1 Å². The van der Waals surface area contributed by atoms with Crippen molar-refractivity contribution < 1.29 is 50.9 Å². The number of halogens is 6. The van der Waals surface area contributed by atoms with Crippen LogP contribution in [0.25, 0.3) is 0 Å². The smallest absolute Gasteiger partial charge is 0.475 e. The minimum absolute atomic E-state index is 0.151. The van der Waals surface area contributed by atoms with Gasteiger partial charge in [0.15, 0.2) is 0 Å². The van der Waals surface area contributed by atoms with Gasteiger partial charge in [-0.1, -0.05) is 30.3 Å². The van der Waals surface area contributed by atoms with Crippen LogP contribution in [0.3, 0.4) is 0 Å². The Kier molecular flexibility index (Phi) is 10.1. The van der Waals surface area contributed by atoms with Crippen LogP contribution >= 0.6 is 0 Å². The average Bonchev–Trinajstić information content (AvgIpc) is 3.49. The Morgan fingerprint density at radius 2 is 1.35 bits per heavy atom. The van der Waals surface area contributed by atoms with Crippen LogP contribution in [0.1, 0.15) is 34.7 Å². The molecule has 15 heteroatoms. The van der Waals surface area contributed by atoms with Crippen molar-refractivity contribution in [2.45, 2.75) is 44.8 Å². The lowest BCUT2D eigenvalue weighted by molar-refractivity contribution is -0.193. The number of carbonyl (C=O) groups excluding carboxylic acids is 1. The molecule has 0 bridgehead atoms. The highest BCUT2D eigenvalue weighted by Gasteiger charge is 2.38. The van der Waals surface area contributed by atoms with E-state index in [1.54, 1.807) is 6.20 Å². The third kappa shape index (κ3) is 9.08. The van der Waals surface area contributed by atoms with Crippen LogP contribution in [-0.4, -0.2) is 79.4 Å². The molecule has 2 aliphatic rings. The molecule has 0 spiro atoms. The van der Waals surface area contributed by atoms with Gasteiger partial charge >= 0.3 is 24.3 Å². The number of imidazole rings is 1. The molecule has 37 heavy (non-hydrogen) atoms. The van der Waals surface area contributed by atoms with Gasteiger partial charge in [-0.15, -0.1) is 0 Å². The molecule has 1 aromatic carbocycles. The number of carbonyl (C=O) groups is 3. The van der Waals surface area contributed by atoms with E-state index in [0.717, 1.165) is 63.6 Å². The Morgan fingerprint density at radius 1 is 0.838 bits per heavy atom. The van der Waals surface area contributed by atoms with Gasteiger partial charge in [-0.05, 0) is 18.4 Å². The molecule has 0 atom stereocenters. The number of benzene rings is 1. The molecule has 1 amide bonds. The van der Waals surface area contributed by atoms with Crippen LogP contribution in [0.2, 0.25) is 0 Å². The third-order valence-electron chi connectivity index (χ3n) is 5.29. The molecule has 2 aliphatic heterocycles. The van der Waals surface area contributed by atoms with E-state index in [4.69, 9.17) is 19.8 Å². The van der Waals surface area contributed by atoms with Crippen LogP contribution in [0, 0.1) is 0 Å². The molecule has 2 aromatic rings. The van der Waals surface area contributed by atoms with Crippen molar-refractivity contribution in [3.63, 3.8) is 0 Å². The van der Waals surface area contributed by atoms with E-state index < -0.39 is 24.3 Å². The zero-order valence-electron chi connectivity index (χ0n) is 19.3. The van der Waals surface area contributed by atoms with Crippen molar-refractivity contribution in [2.24, 2.45) is 0 Å². The highest BCUT2D eigenvalue weighted by molar-refractivity contribution is 5.92. The first-order valence-electron chi connectivity index (χ1n) is 10.9. The number of aliphatic carboxylic acids is 2. The van der Waals surface area contributed by atoms with E-state index >= 15 is 0 Å². The highest BCUT2D eigenvalue weighted by Crippen LogP contribution is 2.19. The molecule has 9 nitrogen and oxygen atoms in total. The Balaban J connectivity index is 0.000000286. The maximum atomic E-state index is 12.6. The summed E-state index contributed by atoms with van der Waals surface area (Å²) in [5.74, 6) is -4.35. The largest absolute Gasteiger partial charge is 0.490 e. The second kappa shape index (κ2) is 12.6. The maximum Gasteiger partial charge on any atom is 0.490 e. The number of hydrogen-bond donors (Lipinski definition) is 2. The summed E-state index contributed by atoms with van der Waals surface area (Å²) in [5.41, 5.74) is 2.09. The summed E-state index contributed by atoms with van der Waals surface area (Å²) in [5, 5.41) is 14.2. The number of aromatic nitrogens is 2. The van der Waals surface area contributed by atoms with Crippen LogP contribution in [0.4, 0.5) is 26.3 Å². The second-order valence-electron chi connectivity index (χ2n) is 8.01. The van der Waals surface area contributed by atoms with E-state index in [0.29, 0.717) is 0 Å². The number of nitrogens with zero attached hydrogens (tertiary/aromatic N) is 4. The fourth-order valence-electron chi connectivity index (χ4n) is 3.54. The number of carboxylic acid groups (broad SMARTS) is 2. The molecule has 1 fully saturated rings. The lowest BCUT2D eigenvalue weighted by Crippen LogP contribution is -2.36. The van der Waals surface area contributed by atoms with Gasteiger partial charge < -0.3 is 19.7 Å². The van der Waals surface area contributed by atoms with Crippen molar-refractivity contribution in [1.29, 1.82) is 0 Å². The van der Waals surface area contributed by atoms with Crippen LogP contribution in [0.15, 0.2) is 36.5 Å². The van der Waals surface area contributed by atoms with Crippen molar-refractivity contribution >= 4 is 17.8 Å². The fourth-order valence-corrected chi connectivity index (χ4v) is 3.54. The van der Waals surface area contributed by atoms with Crippen LogP contribution < -0.4 is 0 Å². The first-order valence-corrected chi connectivity index (χ1v) is 10.9. The van der Waals surface area contributed by atoms with Gasteiger partial charge in [0.05, 0.1) is 12.7 Å². The van der Waals surface area contributed by atoms with Crippen molar-refractivity contribution in [3.8, 4) is 0 Å². The second-order valence-corrected chi connectivity index (χ2v) is 8.01. The van der Waals surface area contributed by atoms with Crippen molar-refractivity contribution in [2.75, 3.05) is 19.6 Å². The van der Waals surface area contributed by atoms with E-state index in [1.165, 1.54) is 5.56 Å². The Bertz CT molecular complexity index is 1040. The van der Waals surface area contributed by atoms with Gasteiger partial charge in [-0.25, -0.2) is 14.6 Å². The molecule has 0 unspecified atom stereocenters. The number of hydrogen-bond acceptors (Lipinski definition) is 5. The lowest BCUT2D eigenvalue weighted by Gasteiger charge is -2.28. The predicted molar refractivity (Wildman–Crippen MR) is 115 cm³/mol. The minimum Gasteiger partial charge on any atom is -0.475 e. The average molecular weight is 538 g/mol. The number of rotatable bonds is 3. The SMILES string of the molecule is O=C(O)C(F)(F)F.O=C(O)C(F)(F)F.O=C(c1cnc2n1CCN(Cc1ccccc1)C2)N1CCCC1. The first-order chi connectivity index (χ1) is 17.2. The molecular formula is C22H24F6N4O5. The van der Waals surface area contributed by atoms with Crippen molar-refractivity contribution in [3.05, 3.63) is 53.6 Å². The summed E-state index contributed by atoms with van der Waals surface area (Å²) >= 11 is 0. The van der Waals surface area contributed by atoms with Crippen LogP contribution in [-0.2, 0) is 29.2 Å². The Hall–Kier alpha value is -3.62. The Morgan fingerprint density at radius 3 is 1.84 bits per heavy atom. The number of fused-ring (bicyclic) bond motifs is 1. The molecule has 0 aliphatic carbocycles. The first kappa shape index (κ1) is 29.6. The standard InChI is InChI=1S/C18H22N4O.2C2HF3O2/c23-18(21-8-4-5-9-21)16-12-19-17-14-20(10-11-22(16)17)13-15-6-2-1-3-7-15;2*3-2(4,5)1(6)7/h1-3,6-7,12H,4-5,8-11,13-14H2;2*(H,6,7). The normalized spacial score (nSPS) is 15.6. The number of amides is 1. The van der Waals surface area contributed by atoms with Gasteiger partial charge in [-0.3, -0.25) is 9.69 Å². The lowest BCUT2D eigenvalue weighted by atomic mass is 10.2. The predicted octanol–water partition coefficient (Wildman–Crippen LogP) is 3.40. The zero-order chi connectivity index (χ0) is 27.8. The summed E-state index contributed by atoms with van der Waals surface area (Å²) in [4.78, 5) is 39.3. The minimum atomic E-state index is -5.08. The van der Waals surface area contributed by atoms with Gasteiger partial charge in [0.2, 0.25) is 0 Å². The quantitative estimate of drug-likeness (QED) is 0.576. The summed E-state index contributed by atoms with van der Waals surface area (Å²) in [6.45, 7) is 5.32. The van der Waals surface area contributed by atoms with E-state index in [2.05, 4.69) is 38.7 Å². The summed E-state index contributed by atoms with van der Waals surface area (Å²) in [6.07, 6.45) is -6.16. The summed E-state index contributed by atoms with van der Waals surface area (Å²) < 4.78 is 65.6. The molecule has 3 heterocycles. The van der Waals surface area contributed by atoms with Gasteiger partial charge in [0, 0.05) is 32.7 Å². The zero-order valence-corrected chi connectivity index (χ0v) is 19.3. The monoisotopic (exact) mass is 538 g/mol. The molecule has 2 N–H and O–H groups in total. The van der Waals surface area contributed by atoms with Crippen LogP contribution in [0.5, 0.6) is 0 Å². The molecule has 1 aromatic heterocycles. The number of likely N-dealkylation sites (tertiary alicyclic amines) is 1. The molecule has 1 saturated heterocycles. The van der Waals surface area contributed by atoms with Crippen molar-refractivity contribution in [1.82, 2.24) is 19.4 Å². The Labute approximate surface area is 206 Å². The molecule has 0 saturated carbocycles.